The monoisotopic (exact) mass is 195 g/mol. The number of halogens is 1. The van der Waals surface area contributed by atoms with Crippen LogP contribution in [0.4, 0.5) is 4.39 Å². The second kappa shape index (κ2) is 4.00. The summed E-state index contributed by atoms with van der Waals surface area (Å²) in [5.74, 6) is -1.68. The third kappa shape index (κ3) is 2.16. The van der Waals surface area contributed by atoms with Crippen LogP contribution >= 0.6 is 0 Å². The number of carbonyl (C=O) groups is 2. The molecule has 1 amide bonds. The van der Waals surface area contributed by atoms with Crippen molar-refractivity contribution in [1.82, 2.24) is 4.90 Å². The molecule has 0 radical (unpaired) electrons. The number of rotatable bonds is 2. The van der Waals surface area contributed by atoms with E-state index >= 15 is 0 Å². The Kier molecular flexibility index (Phi) is 2.96. The first-order valence-corrected chi connectivity index (χ1v) is 4.04. The van der Waals surface area contributed by atoms with Crippen LogP contribution in [0.1, 0.15) is 10.4 Å². The Morgan fingerprint density at radius 1 is 1.14 bits per heavy atom. The Bertz CT molecular complexity index is 357. The molecule has 0 aliphatic carbocycles. The van der Waals surface area contributed by atoms with E-state index in [4.69, 9.17) is 0 Å². The lowest BCUT2D eigenvalue weighted by Gasteiger charge is -2.08. The van der Waals surface area contributed by atoms with Crippen molar-refractivity contribution in [3.8, 4) is 0 Å². The fourth-order valence-electron chi connectivity index (χ4n) is 0.928. The number of ketones is 1. The Hall–Kier alpha value is -1.71. The molecule has 0 heterocycles. The predicted molar refractivity (Wildman–Crippen MR) is 49.4 cm³/mol. The van der Waals surface area contributed by atoms with Crippen LogP contribution in [-0.4, -0.2) is 30.7 Å². The van der Waals surface area contributed by atoms with E-state index in [-0.39, 0.29) is 5.56 Å². The Morgan fingerprint density at radius 2 is 1.64 bits per heavy atom. The van der Waals surface area contributed by atoms with E-state index in [0.29, 0.717) is 0 Å². The molecule has 74 valence electrons. The van der Waals surface area contributed by atoms with E-state index in [0.717, 1.165) is 12.1 Å². The summed E-state index contributed by atoms with van der Waals surface area (Å²) in [4.78, 5) is 23.8. The molecule has 0 atom stereocenters. The zero-order valence-corrected chi connectivity index (χ0v) is 7.95. The molecule has 0 aromatic heterocycles. The minimum Gasteiger partial charge on any atom is -0.342 e. The SMILES string of the molecule is CN(C)C(=O)C(=O)c1ccc(F)cc1. The summed E-state index contributed by atoms with van der Waals surface area (Å²) in [7, 11) is 2.98. The van der Waals surface area contributed by atoms with E-state index in [2.05, 4.69) is 0 Å². The highest BCUT2D eigenvalue weighted by Gasteiger charge is 2.17. The maximum absolute atomic E-state index is 12.5. The Balaban J connectivity index is 2.90. The summed E-state index contributed by atoms with van der Waals surface area (Å²) in [5, 5.41) is 0. The van der Waals surface area contributed by atoms with Crippen LogP contribution in [0.25, 0.3) is 0 Å². The predicted octanol–water partition coefficient (Wildman–Crippen LogP) is 1.10. The summed E-state index contributed by atoms with van der Waals surface area (Å²) in [6, 6.07) is 4.88. The fraction of sp³-hybridized carbons (Fsp3) is 0.200. The van der Waals surface area contributed by atoms with Crippen LogP contribution < -0.4 is 0 Å². The minimum absolute atomic E-state index is 0.199. The van der Waals surface area contributed by atoms with Crippen molar-refractivity contribution in [3.63, 3.8) is 0 Å². The summed E-state index contributed by atoms with van der Waals surface area (Å²) in [6.07, 6.45) is 0. The van der Waals surface area contributed by atoms with Gasteiger partial charge < -0.3 is 4.90 Å². The van der Waals surface area contributed by atoms with Gasteiger partial charge in [-0.1, -0.05) is 0 Å². The molecule has 0 bridgehead atoms. The third-order valence-electron chi connectivity index (χ3n) is 1.71. The number of carbonyl (C=O) groups excluding carboxylic acids is 2. The van der Waals surface area contributed by atoms with Gasteiger partial charge in [-0.15, -0.1) is 0 Å². The van der Waals surface area contributed by atoms with Gasteiger partial charge in [0.25, 0.3) is 5.91 Å². The summed E-state index contributed by atoms with van der Waals surface area (Å²) >= 11 is 0. The maximum Gasteiger partial charge on any atom is 0.294 e. The molecule has 0 aliphatic rings. The van der Waals surface area contributed by atoms with E-state index in [1.807, 2.05) is 0 Å². The zero-order chi connectivity index (χ0) is 10.7. The summed E-state index contributed by atoms with van der Waals surface area (Å²) in [5.41, 5.74) is 0.199. The number of Topliss-reactive ketones (excluding diaryl/α,β-unsaturated/α-hetero) is 1. The van der Waals surface area contributed by atoms with Gasteiger partial charge in [0.1, 0.15) is 5.82 Å². The number of amides is 1. The van der Waals surface area contributed by atoms with Gasteiger partial charge in [0, 0.05) is 19.7 Å². The molecule has 0 unspecified atom stereocenters. The van der Waals surface area contributed by atoms with Crippen LogP contribution in [0, 0.1) is 5.82 Å². The average Bonchev–Trinajstić information content (AvgIpc) is 2.16. The molecule has 3 nitrogen and oxygen atoms in total. The molecule has 0 aliphatic heterocycles. The second-order valence-electron chi connectivity index (χ2n) is 3.04. The fourth-order valence-corrected chi connectivity index (χ4v) is 0.928. The molecule has 0 N–H and O–H groups in total. The van der Waals surface area contributed by atoms with Crippen molar-refractivity contribution in [2.75, 3.05) is 14.1 Å². The van der Waals surface area contributed by atoms with Crippen molar-refractivity contribution in [2.24, 2.45) is 0 Å². The molecule has 1 aromatic rings. The number of hydrogen-bond acceptors (Lipinski definition) is 2. The molecule has 0 fully saturated rings. The number of hydrogen-bond donors (Lipinski definition) is 0. The molecule has 4 heteroatoms. The zero-order valence-electron chi connectivity index (χ0n) is 7.95. The molecule has 1 aromatic carbocycles. The van der Waals surface area contributed by atoms with E-state index < -0.39 is 17.5 Å². The molecule has 14 heavy (non-hydrogen) atoms. The van der Waals surface area contributed by atoms with Gasteiger partial charge in [0.15, 0.2) is 0 Å². The summed E-state index contributed by atoms with van der Waals surface area (Å²) < 4.78 is 12.5. The van der Waals surface area contributed by atoms with Gasteiger partial charge in [-0.3, -0.25) is 9.59 Å². The largest absolute Gasteiger partial charge is 0.342 e. The van der Waals surface area contributed by atoms with Crippen LogP contribution in [-0.2, 0) is 4.79 Å². The van der Waals surface area contributed by atoms with Gasteiger partial charge in [0.05, 0.1) is 0 Å². The highest BCUT2D eigenvalue weighted by molar-refractivity contribution is 6.42. The maximum atomic E-state index is 12.5. The molecule has 0 saturated heterocycles. The molecular formula is C10H10FNO2. The van der Waals surface area contributed by atoms with Gasteiger partial charge in [-0.05, 0) is 24.3 Å². The molecule has 1 rings (SSSR count). The quantitative estimate of drug-likeness (QED) is 0.523. The Morgan fingerprint density at radius 3 is 2.07 bits per heavy atom. The first-order chi connectivity index (χ1) is 6.52. The summed E-state index contributed by atoms with van der Waals surface area (Å²) in [6.45, 7) is 0. The van der Waals surface area contributed by atoms with Crippen LogP contribution in [0.15, 0.2) is 24.3 Å². The van der Waals surface area contributed by atoms with E-state index in [1.54, 1.807) is 0 Å². The van der Waals surface area contributed by atoms with Crippen LogP contribution in [0.5, 0.6) is 0 Å². The number of likely N-dealkylation sites (N-methyl/N-ethyl adjacent to an activating group) is 1. The van der Waals surface area contributed by atoms with Crippen molar-refractivity contribution in [3.05, 3.63) is 35.6 Å². The lowest BCUT2D eigenvalue weighted by molar-refractivity contribution is -0.124. The number of nitrogens with zero attached hydrogens (tertiary/aromatic N) is 1. The van der Waals surface area contributed by atoms with E-state index in [1.165, 1.54) is 31.1 Å². The lowest BCUT2D eigenvalue weighted by Crippen LogP contribution is -2.29. The highest BCUT2D eigenvalue weighted by atomic mass is 19.1. The van der Waals surface area contributed by atoms with E-state index in [9.17, 15) is 14.0 Å². The standard InChI is InChI=1S/C10H10FNO2/c1-12(2)10(14)9(13)7-3-5-8(11)6-4-7/h3-6H,1-2H3. The smallest absolute Gasteiger partial charge is 0.294 e. The van der Waals surface area contributed by atoms with Crippen molar-refractivity contribution >= 4 is 11.7 Å². The first kappa shape index (κ1) is 10.4. The molecule has 0 spiro atoms. The average molecular weight is 195 g/mol. The van der Waals surface area contributed by atoms with Gasteiger partial charge in [-0.2, -0.15) is 0 Å². The van der Waals surface area contributed by atoms with Crippen molar-refractivity contribution in [1.29, 1.82) is 0 Å². The molecular weight excluding hydrogens is 185 g/mol. The molecule has 0 saturated carbocycles. The van der Waals surface area contributed by atoms with Gasteiger partial charge in [-0.25, -0.2) is 4.39 Å². The normalized spacial score (nSPS) is 9.64. The van der Waals surface area contributed by atoms with Crippen molar-refractivity contribution < 1.29 is 14.0 Å². The number of benzene rings is 1. The third-order valence-corrected chi connectivity index (χ3v) is 1.71. The first-order valence-electron chi connectivity index (χ1n) is 4.04. The topological polar surface area (TPSA) is 37.4 Å². The van der Waals surface area contributed by atoms with Crippen LogP contribution in [0.2, 0.25) is 0 Å². The highest BCUT2D eigenvalue weighted by Crippen LogP contribution is 2.04. The van der Waals surface area contributed by atoms with Crippen LogP contribution in [0.3, 0.4) is 0 Å². The van der Waals surface area contributed by atoms with Gasteiger partial charge in [0.2, 0.25) is 5.78 Å². The lowest BCUT2D eigenvalue weighted by atomic mass is 10.1. The Labute approximate surface area is 81.1 Å². The van der Waals surface area contributed by atoms with Crippen molar-refractivity contribution in [2.45, 2.75) is 0 Å². The minimum atomic E-state index is -0.630. The van der Waals surface area contributed by atoms with Gasteiger partial charge >= 0.3 is 0 Å². The second-order valence-corrected chi connectivity index (χ2v) is 3.04.